The molecule has 1 spiro atoms. The zero-order valence-corrected chi connectivity index (χ0v) is 20.3. The van der Waals surface area contributed by atoms with Gasteiger partial charge in [-0.1, -0.05) is 0 Å². The molecule has 4 heterocycles. The minimum absolute atomic E-state index is 0.0126. The van der Waals surface area contributed by atoms with E-state index < -0.39 is 76.7 Å². The number of imide groups is 1. The second-order valence-electron chi connectivity index (χ2n) is 9.79. The van der Waals surface area contributed by atoms with E-state index >= 15 is 0 Å². The SMILES string of the molecule is NC1=NC2[C@H](CN3C(=O)CCC3=O)N=C(N)N3CC(NC(=O)c4cc(C(F)(F)F)cc(C(F)(F)F)c4)[C@@H](O)C23N1. The van der Waals surface area contributed by atoms with E-state index in [0.29, 0.717) is 0 Å². The molecule has 4 aliphatic heterocycles. The van der Waals surface area contributed by atoms with E-state index in [4.69, 9.17) is 11.5 Å². The van der Waals surface area contributed by atoms with Gasteiger partial charge in [-0.05, 0) is 18.2 Å². The van der Waals surface area contributed by atoms with Gasteiger partial charge in [-0.2, -0.15) is 26.3 Å². The maximum atomic E-state index is 13.3. The summed E-state index contributed by atoms with van der Waals surface area (Å²) in [6, 6.07) is -2.87. The van der Waals surface area contributed by atoms with Crippen LogP contribution < -0.4 is 22.1 Å². The summed E-state index contributed by atoms with van der Waals surface area (Å²) in [5.74, 6) is -2.54. The fourth-order valence-electron chi connectivity index (χ4n) is 5.54. The van der Waals surface area contributed by atoms with Gasteiger partial charge in [0.2, 0.25) is 11.8 Å². The molecule has 5 atom stereocenters. The van der Waals surface area contributed by atoms with Gasteiger partial charge in [0, 0.05) is 24.9 Å². The van der Waals surface area contributed by atoms with Crippen molar-refractivity contribution in [1.82, 2.24) is 20.4 Å². The molecule has 2 fully saturated rings. The first-order chi connectivity index (χ1) is 18.5. The number of amides is 3. The van der Waals surface area contributed by atoms with Crippen molar-refractivity contribution in [2.24, 2.45) is 21.5 Å². The lowest BCUT2D eigenvalue weighted by Crippen LogP contribution is -2.73. The van der Waals surface area contributed by atoms with Crippen LogP contribution in [0.1, 0.15) is 34.3 Å². The smallest absolute Gasteiger partial charge is 0.386 e. The van der Waals surface area contributed by atoms with Gasteiger partial charge in [0.15, 0.2) is 17.6 Å². The second kappa shape index (κ2) is 8.97. The summed E-state index contributed by atoms with van der Waals surface area (Å²) in [5.41, 5.74) is 6.08. The minimum atomic E-state index is -5.17. The third-order valence-electron chi connectivity index (χ3n) is 7.35. The van der Waals surface area contributed by atoms with Crippen LogP contribution in [0.2, 0.25) is 0 Å². The van der Waals surface area contributed by atoms with Crippen molar-refractivity contribution < 1.29 is 45.8 Å². The van der Waals surface area contributed by atoms with Crippen molar-refractivity contribution in [2.75, 3.05) is 13.1 Å². The quantitative estimate of drug-likeness (QED) is 0.231. The van der Waals surface area contributed by atoms with E-state index in [1.165, 1.54) is 4.90 Å². The number of alkyl halides is 6. The molecule has 5 rings (SSSR count). The molecular formula is C22H22F6N8O4. The normalized spacial score (nSPS) is 30.1. The van der Waals surface area contributed by atoms with Crippen molar-refractivity contribution in [3.05, 3.63) is 34.9 Å². The molecular weight excluding hydrogens is 554 g/mol. The lowest BCUT2D eigenvalue weighted by Gasteiger charge is -2.46. The molecule has 2 saturated heterocycles. The maximum absolute atomic E-state index is 13.3. The van der Waals surface area contributed by atoms with E-state index in [0.717, 1.165) is 4.90 Å². The van der Waals surface area contributed by atoms with Crippen LogP contribution in [-0.4, -0.2) is 87.5 Å². The molecule has 1 aromatic rings. The summed E-state index contributed by atoms with van der Waals surface area (Å²) in [5, 5.41) is 16.4. The van der Waals surface area contributed by atoms with E-state index in [9.17, 15) is 45.8 Å². The molecule has 1 aromatic carbocycles. The average molecular weight is 576 g/mol. The summed E-state index contributed by atoms with van der Waals surface area (Å²) in [6.45, 7) is -0.515. The Morgan fingerprint density at radius 2 is 1.62 bits per heavy atom. The second-order valence-corrected chi connectivity index (χ2v) is 9.79. The molecule has 216 valence electrons. The zero-order valence-electron chi connectivity index (χ0n) is 20.3. The number of nitrogens with one attached hydrogen (secondary N) is 2. The first-order valence-corrected chi connectivity index (χ1v) is 11.9. The maximum Gasteiger partial charge on any atom is 0.416 e. The Morgan fingerprint density at radius 3 is 2.17 bits per heavy atom. The number of guanidine groups is 2. The van der Waals surface area contributed by atoms with Crippen LogP contribution in [0.15, 0.2) is 28.2 Å². The van der Waals surface area contributed by atoms with Crippen LogP contribution in [0, 0.1) is 0 Å². The topological polar surface area (TPSA) is 179 Å². The zero-order chi connectivity index (χ0) is 29.4. The molecule has 3 amide bonds. The van der Waals surface area contributed by atoms with Gasteiger partial charge in [0.1, 0.15) is 12.1 Å². The fourth-order valence-corrected chi connectivity index (χ4v) is 5.54. The number of nitrogens with zero attached hydrogens (tertiary/aromatic N) is 4. The minimum Gasteiger partial charge on any atom is -0.386 e. The molecule has 0 saturated carbocycles. The molecule has 12 nitrogen and oxygen atoms in total. The number of rotatable bonds is 4. The Balaban J connectivity index is 1.43. The van der Waals surface area contributed by atoms with E-state index in [-0.39, 0.29) is 56.0 Å². The number of benzene rings is 1. The van der Waals surface area contributed by atoms with Crippen LogP contribution in [0.5, 0.6) is 0 Å². The number of carbonyl (C=O) groups is 3. The highest BCUT2D eigenvalue weighted by molar-refractivity contribution is 6.02. The Hall–Kier alpha value is -4.09. The number of carbonyl (C=O) groups excluding carboxylic acids is 3. The number of aliphatic hydroxyl groups excluding tert-OH is 1. The highest BCUT2D eigenvalue weighted by Gasteiger charge is 2.66. The molecule has 4 aliphatic rings. The van der Waals surface area contributed by atoms with Crippen LogP contribution in [-0.2, 0) is 21.9 Å². The summed E-state index contributed by atoms with van der Waals surface area (Å²) >= 11 is 0. The van der Waals surface area contributed by atoms with Gasteiger partial charge in [0.25, 0.3) is 5.91 Å². The Bertz CT molecular complexity index is 1300. The van der Waals surface area contributed by atoms with Crippen molar-refractivity contribution >= 4 is 29.6 Å². The number of nitrogens with two attached hydrogens (primary N) is 2. The highest BCUT2D eigenvalue weighted by Crippen LogP contribution is 2.41. The van der Waals surface area contributed by atoms with Crippen LogP contribution in [0.3, 0.4) is 0 Å². The highest BCUT2D eigenvalue weighted by atomic mass is 19.4. The largest absolute Gasteiger partial charge is 0.416 e. The molecule has 18 heteroatoms. The van der Waals surface area contributed by atoms with Crippen LogP contribution in [0.25, 0.3) is 0 Å². The van der Waals surface area contributed by atoms with Gasteiger partial charge >= 0.3 is 12.4 Å². The third-order valence-corrected chi connectivity index (χ3v) is 7.35. The molecule has 40 heavy (non-hydrogen) atoms. The van der Waals surface area contributed by atoms with Crippen molar-refractivity contribution in [2.45, 2.75) is 55.1 Å². The monoisotopic (exact) mass is 576 g/mol. The lowest BCUT2D eigenvalue weighted by molar-refractivity contribution is -0.143. The predicted octanol–water partition coefficient (Wildman–Crippen LogP) is -0.672. The van der Waals surface area contributed by atoms with Crippen molar-refractivity contribution in [1.29, 1.82) is 0 Å². The van der Waals surface area contributed by atoms with Crippen LogP contribution in [0.4, 0.5) is 26.3 Å². The van der Waals surface area contributed by atoms with Crippen molar-refractivity contribution in [3.8, 4) is 0 Å². The summed E-state index contributed by atoms with van der Waals surface area (Å²) in [7, 11) is 0. The lowest BCUT2D eigenvalue weighted by atomic mass is 9.87. The number of aliphatic imine (C=N–C) groups is 2. The number of hydrogen-bond donors (Lipinski definition) is 5. The summed E-state index contributed by atoms with van der Waals surface area (Å²) in [6.07, 6.45) is -11.9. The molecule has 0 aromatic heterocycles. The Morgan fingerprint density at radius 1 is 1.05 bits per heavy atom. The fraction of sp³-hybridized carbons (Fsp3) is 0.500. The number of aliphatic hydroxyl groups is 1. The molecule has 0 bridgehead atoms. The number of hydrogen-bond acceptors (Lipinski definition) is 10. The molecule has 0 radical (unpaired) electrons. The van der Waals surface area contributed by atoms with Crippen LogP contribution >= 0.6 is 0 Å². The van der Waals surface area contributed by atoms with E-state index in [1.54, 1.807) is 0 Å². The summed E-state index contributed by atoms with van der Waals surface area (Å²) < 4.78 is 79.6. The van der Waals surface area contributed by atoms with Gasteiger partial charge in [-0.15, -0.1) is 0 Å². The Kier molecular flexibility index (Phi) is 6.16. The van der Waals surface area contributed by atoms with E-state index in [1.807, 2.05) is 0 Å². The van der Waals surface area contributed by atoms with Gasteiger partial charge in [-0.25, -0.2) is 9.98 Å². The van der Waals surface area contributed by atoms with Gasteiger partial charge in [0.05, 0.1) is 29.8 Å². The number of likely N-dealkylation sites (tertiary alicyclic amines) is 1. The van der Waals surface area contributed by atoms with E-state index in [2.05, 4.69) is 20.6 Å². The molecule has 0 aliphatic carbocycles. The molecule has 7 N–H and O–H groups in total. The Labute approximate surface area is 221 Å². The summed E-state index contributed by atoms with van der Waals surface area (Å²) in [4.78, 5) is 48.1. The van der Waals surface area contributed by atoms with Gasteiger partial charge in [-0.3, -0.25) is 19.3 Å². The molecule has 3 unspecified atom stereocenters. The average Bonchev–Trinajstić information content (AvgIpc) is 3.47. The first-order valence-electron chi connectivity index (χ1n) is 11.9. The number of halogens is 6. The first kappa shape index (κ1) is 27.5. The van der Waals surface area contributed by atoms with Gasteiger partial charge < -0.3 is 32.1 Å². The standard InChI is InChI=1S/C22H22F6N8O4/c23-21(24,25)9-3-8(4-10(5-9)22(26,27)28)17(40)31-12-7-36-19(30)32-11(6-35-13(37)1-2-14(35)38)15-20(36,16(12)39)34-18(29)33-15/h3-5,11-12,15-16,39H,1-2,6-7H2,(H2,30,32)(H,31,40)(H3,29,33,34)/t11-,12?,15?,16+,20?/m0/s1. The predicted molar refractivity (Wildman–Crippen MR) is 123 cm³/mol. The van der Waals surface area contributed by atoms with Crippen molar-refractivity contribution in [3.63, 3.8) is 0 Å². The third kappa shape index (κ3) is 4.35.